The number of nitrogens with zero attached hydrogens (tertiary/aromatic N) is 1. The molecule has 1 fully saturated rings. The highest BCUT2D eigenvalue weighted by Gasteiger charge is 2.33. The molecule has 4 nitrogen and oxygen atoms in total. The standard InChI is InChI=1S/C23H43NO3/c1-3-4-5-6-7-8-9-10-11-12-13-14-15-16-20-27-23(26)22-18-17-19-24(22)21(2)25/h22H,3-20H2,1-2H3. The van der Waals surface area contributed by atoms with Crippen molar-refractivity contribution < 1.29 is 14.3 Å². The van der Waals surface area contributed by atoms with E-state index in [2.05, 4.69) is 6.92 Å². The van der Waals surface area contributed by atoms with E-state index in [0.29, 0.717) is 13.2 Å². The fourth-order valence-corrected chi connectivity index (χ4v) is 3.95. The number of rotatable bonds is 16. The van der Waals surface area contributed by atoms with Crippen molar-refractivity contribution in [3.63, 3.8) is 0 Å². The lowest BCUT2D eigenvalue weighted by atomic mass is 10.0. The van der Waals surface area contributed by atoms with Gasteiger partial charge in [0.1, 0.15) is 6.04 Å². The SMILES string of the molecule is CCCCCCCCCCCCCCCCOC(=O)C1CCCN1C(C)=O. The van der Waals surface area contributed by atoms with E-state index in [1.165, 1.54) is 84.0 Å². The van der Waals surface area contributed by atoms with Crippen molar-refractivity contribution in [1.29, 1.82) is 0 Å². The lowest BCUT2D eigenvalue weighted by Crippen LogP contribution is -2.40. The van der Waals surface area contributed by atoms with Crippen molar-refractivity contribution in [2.24, 2.45) is 0 Å². The Hall–Kier alpha value is -1.06. The molecule has 1 unspecified atom stereocenters. The number of carbonyl (C=O) groups is 2. The van der Waals surface area contributed by atoms with Gasteiger partial charge in [0.05, 0.1) is 6.61 Å². The summed E-state index contributed by atoms with van der Waals surface area (Å²) in [6.45, 7) is 4.98. The smallest absolute Gasteiger partial charge is 0.328 e. The number of carbonyl (C=O) groups excluding carboxylic acids is 2. The van der Waals surface area contributed by atoms with Crippen LogP contribution in [0.4, 0.5) is 0 Å². The van der Waals surface area contributed by atoms with Gasteiger partial charge in [-0.2, -0.15) is 0 Å². The zero-order chi connectivity index (χ0) is 19.7. The first kappa shape index (κ1) is 24.0. The molecule has 1 saturated heterocycles. The van der Waals surface area contributed by atoms with E-state index in [4.69, 9.17) is 4.74 Å². The van der Waals surface area contributed by atoms with Crippen LogP contribution in [0.1, 0.15) is 117 Å². The molecule has 0 aliphatic carbocycles. The number of esters is 1. The largest absolute Gasteiger partial charge is 0.464 e. The van der Waals surface area contributed by atoms with Gasteiger partial charge in [-0.05, 0) is 19.3 Å². The Balaban J connectivity index is 1.84. The third-order valence-electron chi connectivity index (χ3n) is 5.67. The molecule has 0 radical (unpaired) electrons. The third-order valence-corrected chi connectivity index (χ3v) is 5.67. The summed E-state index contributed by atoms with van der Waals surface area (Å²) in [6, 6.07) is -0.339. The third kappa shape index (κ3) is 11.4. The number of amides is 1. The van der Waals surface area contributed by atoms with E-state index in [9.17, 15) is 9.59 Å². The molecule has 1 rings (SSSR count). The maximum atomic E-state index is 12.1. The van der Waals surface area contributed by atoms with Gasteiger partial charge in [-0.15, -0.1) is 0 Å². The molecule has 1 heterocycles. The quantitative estimate of drug-likeness (QED) is 0.242. The van der Waals surface area contributed by atoms with Crippen LogP contribution in [0, 0.1) is 0 Å². The van der Waals surface area contributed by atoms with Crippen LogP contribution in [0.25, 0.3) is 0 Å². The first-order valence-corrected chi connectivity index (χ1v) is 11.6. The molecule has 0 aromatic heterocycles. The zero-order valence-corrected chi connectivity index (χ0v) is 18.0. The van der Waals surface area contributed by atoms with Crippen LogP contribution in [0.15, 0.2) is 0 Å². The van der Waals surface area contributed by atoms with E-state index >= 15 is 0 Å². The van der Waals surface area contributed by atoms with Crippen LogP contribution in [-0.4, -0.2) is 36.0 Å². The lowest BCUT2D eigenvalue weighted by Gasteiger charge is -2.21. The highest BCUT2D eigenvalue weighted by atomic mass is 16.5. The minimum absolute atomic E-state index is 0.0223. The Kier molecular flexibility index (Phi) is 14.2. The van der Waals surface area contributed by atoms with Gasteiger partial charge < -0.3 is 9.64 Å². The van der Waals surface area contributed by atoms with Gasteiger partial charge in [-0.3, -0.25) is 4.79 Å². The van der Waals surface area contributed by atoms with E-state index < -0.39 is 0 Å². The molecule has 0 aromatic rings. The predicted octanol–water partition coefficient (Wildman–Crippen LogP) is 6.02. The van der Waals surface area contributed by atoms with Crippen molar-refractivity contribution in [3.05, 3.63) is 0 Å². The van der Waals surface area contributed by atoms with Crippen molar-refractivity contribution in [2.45, 2.75) is 123 Å². The Morgan fingerprint density at radius 1 is 0.815 bits per heavy atom. The first-order valence-electron chi connectivity index (χ1n) is 11.6. The summed E-state index contributed by atoms with van der Waals surface area (Å²) in [5.74, 6) is -0.233. The van der Waals surface area contributed by atoms with Gasteiger partial charge in [0.15, 0.2) is 0 Å². The number of ether oxygens (including phenoxy) is 1. The second-order valence-corrected chi connectivity index (χ2v) is 8.13. The molecular formula is C23H43NO3. The Labute approximate surface area is 167 Å². The highest BCUT2D eigenvalue weighted by molar-refractivity contribution is 5.83. The summed E-state index contributed by atoms with van der Waals surface area (Å²) in [6.07, 6.45) is 20.2. The molecule has 27 heavy (non-hydrogen) atoms. The number of likely N-dealkylation sites (tertiary alicyclic amines) is 1. The average Bonchev–Trinajstić information content (AvgIpc) is 3.15. The first-order chi connectivity index (χ1) is 13.2. The Bertz CT molecular complexity index is 397. The molecule has 0 aromatic carbocycles. The van der Waals surface area contributed by atoms with Crippen LogP contribution < -0.4 is 0 Å². The second kappa shape index (κ2) is 15.9. The molecule has 0 spiro atoms. The molecule has 4 heteroatoms. The summed E-state index contributed by atoms with van der Waals surface area (Å²) in [7, 11) is 0. The summed E-state index contributed by atoms with van der Waals surface area (Å²) < 4.78 is 5.38. The number of hydrogen-bond acceptors (Lipinski definition) is 3. The van der Waals surface area contributed by atoms with Gasteiger partial charge in [0, 0.05) is 13.5 Å². The highest BCUT2D eigenvalue weighted by Crippen LogP contribution is 2.19. The monoisotopic (exact) mass is 381 g/mol. The van der Waals surface area contributed by atoms with Gasteiger partial charge in [-0.1, -0.05) is 90.4 Å². The van der Waals surface area contributed by atoms with Gasteiger partial charge in [0.25, 0.3) is 0 Å². The van der Waals surface area contributed by atoms with E-state index in [0.717, 1.165) is 25.7 Å². The molecule has 1 aliphatic rings. The summed E-state index contributed by atoms with van der Waals surface area (Å²) in [4.78, 5) is 25.2. The molecule has 1 aliphatic heterocycles. The van der Waals surface area contributed by atoms with Crippen molar-refractivity contribution in [2.75, 3.05) is 13.2 Å². The number of unbranched alkanes of at least 4 members (excludes halogenated alkanes) is 13. The van der Waals surface area contributed by atoms with Gasteiger partial charge >= 0.3 is 5.97 Å². The van der Waals surface area contributed by atoms with Crippen LogP contribution in [0.5, 0.6) is 0 Å². The van der Waals surface area contributed by atoms with Crippen LogP contribution >= 0.6 is 0 Å². The van der Waals surface area contributed by atoms with Crippen LogP contribution in [-0.2, 0) is 14.3 Å². The molecular weight excluding hydrogens is 338 g/mol. The lowest BCUT2D eigenvalue weighted by molar-refractivity contribution is -0.153. The van der Waals surface area contributed by atoms with Crippen LogP contribution in [0.2, 0.25) is 0 Å². The Morgan fingerprint density at radius 2 is 1.30 bits per heavy atom. The maximum absolute atomic E-state index is 12.1. The minimum atomic E-state index is -0.339. The van der Waals surface area contributed by atoms with Crippen molar-refractivity contribution in [1.82, 2.24) is 4.90 Å². The number of hydrogen-bond donors (Lipinski definition) is 0. The summed E-state index contributed by atoms with van der Waals surface area (Å²) in [5.41, 5.74) is 0. The van der Waals surface area contributed by atoms with Gasteiger partial charge in [-0.25, -0.2) is 4.79 Å². The molecule has 0 N–H and O–H groups in total. The van der Waals surface area contributed by atoms with Crippen molar-refractivity contribution in [3.8, 4) is 0 Å². The molecule has 1 atom stereocenters. The Morgan fingerprint density at radius 3 is 1.78 bits per heavy atom. The maximum Gasteiger partial charge on any atom is 0.328 e. The molecule has 158 valence electrons. The fourth-order valence-electron chi connectivity index (χ4n) is 3.95. The van der Waals surface area contributed by atoms with E-state index in [1.54, 1.807) is 4.90 Å². The van der Waals surface area contributed by atoms with Crippen LogP contribution in [0.3, 0.4) is 0 Å². The zero-order valence-electron chi connectivity index (χ0n) is 18.0. The predicted molar refractivity (Wildman–Crippen MR) is 112 cm³/mol. The topological polar surface area (TPSA) is 46.6 Å². The molecule has 1 amide bonds. The molecule has 0 bridgehead atoms. The average molecular weight is 382 g/mol. The fraction of sp³-hybridized carbons (Fsp3) is 0.913. The second-order valence-electron chi connectivity index (χ2n) is 8.13. The summed E-state index contributed by atoms with van der Waals surface area (Å²) in [5, 5.41) is 0. The minimum Gasteiger partial charge on any atom is -0.464 e. The van der Waals surface area contributed by atoms with Crippen molar-refractivity contribution >= 4 is 11.9 Å². The van der Waals surface area contributed by atoms with E-state index in [-0.39, 0.29) is 17.9 Å². The van der Waals surface area contributed by atoms with E-state index in [1.807, 2.05) is 0 Å². The van der Waals surface area contributed by atoms with Gasteiger partial charge in [0.2, 0.25) is 5.91 Å². The molecule has 0 saturated carbocycles. The normalized spacial score (nSPS) is 16.7. The summed E-state index contributed by atoms with van der Waals surface area (Å²) >= 11 is 0.